The summed E-state index contributed by atoms with van der Waals surface area (Å²) in [5, 5.41) is 2.60. The molecule has 0 atom stereocenters. The van der Waals surface area contributed by atoms with Crippen LogP contribution in [-0.4, -0.2) is 24.3 Å². The summed E-state index contributed by atoms with van der Waals surface area (Å²) in [6.45, 7) is 4.83. The average molecular weight is 308 g/mol. The Kier molecular flexibility index (Phi) is 3.99. The van der Waals surface area contributed by atoms with E-state index >= 15 is 0 Å². The molecule has 0 aliphatic carbocycles. The lowest BCUT2D eigenvalue weighted by molar-refractivity contribution is -0.114. The summed E-state index contributed by atoms with van der Waals surface area (Å²) in [4.78, 5) is 17.6. The molecule has 0 radical (unpaired) electrons. The number of aryl methyl sites for hydroxylation is 2. The zero-order valence-corrected chi connectivity index (χ0v) is 12.7. The van der Waals surface area contributed by atoms with Gasteiger partial charge in [-0.25, -0.2) is 4.98 Å². The third-order valence-corrected chi connectivity index (χ3v) is 4.05. The van der Waals surface area contributed by atoms with Crippen LogP contribution in [0.1, 0.15) is 18.3 Å². The molecule has 0 fully saturated rings. The number of aromatic nitrogens is 2. The molecule has 112 valence electrons. The van der Waals surface area contributed by atoms with Gasteiger partial charge in [0.1, 0.15) is 5.82 Å². The van der Waals surface area contributed by atoms with E-state index < -0.39 is 10.0 Å². The molecular weight excluding hydrogens is 292 g/mol. The van der Waals surface area contributed by atoms with E-state index in [1.807, 2.05) is 0 Å². The van der Waals surface area contributed by atoms with Crippen LogP contribution in [0.3, 0.4) is 0 Å². The van der Waals surface area contributed by atoms with Crippen LogP contribution in [0.5, 0.6) is 0 Å². The van der Waals surface area contributed by atoms with Crippen molar-refractivity contribution >= 4 is 27.3 Å². The Morgan fingerprint density at radius 3 is 2.57 bits per heavy atom. The smallest absolute Gasteiger partial charge is 0.278 e. The van der Waals surface area contributed by atoms with Gasteiger partial charge in [-0.2, -0.15) is 8.42 Å². The van der Waals surface area contributed by atoms with E-state index in [4.69, 9.17) is 0 Å². The maximum Gasteiger partial charge on any atom is 0.278 e. The van der Waals surface area contributed by atoms with Gasteiger partial charge >= 0.3 is 0 Å². The van der Waals surface area contributed by atoms with Crippen molar-refractivity contribution in [2.75, 3.05) is 10.0 Å². The van der Waals surface area contributed by atoms with Gasteiger partial charge < -0.3 is 10.3 Å². The number of rotatable bonds is 4. The molecule has 0 saturated carbocycles. The van der Waals surface area contributed by atoms with Gasteiger partial charge in [-0.15, -0.1) is 0 Å². The number of hydrogen-bond donors (Lipinski definition) is 3. The zero-order valence-electron chi connectivity index (χ0n) is 11.9. The Balaban J connectivity index is 2.32. The second-order valence-electron chi connectivity index (χ2n) is 4.65. The monoisotopic (exact) mass is 308 g/mol. The van der Waals surface area contributed by atoms with Crippen molar-refractivity contribution in [1.82, 2.24) is 9.97 Å². The molecule has 1 aromatic heterocycles. The highest BCUT2D eigenvalue weighted by molar-refractivity contribution is 7.92. The number of benzene rings is 1. The predicted octanol–water partition coefficient (Wildman–Crippen LogP) is 1.79. The molecule has 0 spiro atoms. The summed E-state index contributed by atoms with van der Waals surface area (Å²) < 4.78 is 26.9. The molecule has 0 bridgehead atoms. The van der Waals surface area contributed by atoms with E-state index in [-0.39, 0.29) is 10.9 Å². The molecule has 2 aromatic rings. The third-order valence-electron chi connectivity index (χ3n) is 2.77. The van der Waals surface area contributed by atoms with Gasteiger partial charge in [0.2, 0.25) is 5.91 Å². The number of carbonyl (C=O) groups is 1. The zero-order chi connectivity index (χ0) is 15.6. The first-order valence-corrected chi connectivity index (χ1v) is 7.69. The summed E-state index contributed by atoms with van der Waals surface area (Å²) in [6, 6.07) is 4.99. The normalized spacial score (nSPS) is 11.2. The van der Waals surface area contributed by atoms with Gasteiger partial charge in [-0.1, -0.05) is 6.07 Å². The number of anilines is 2. The van der Waals surface area contributed by atoms with Crippen molar-refractivity contribution in [2.24, 2.45) is 0 Å². The van der Waals surface area contributed by atoms with Gasteiger partial charge in [0, 0.05) is 12.6 Å². The fourth-order valence-electron chi connectivity index (χ4n) is 1.75. The Hall–Kier alpha value is -2.35. The maximum absolute atomic E-state index is 12.2. The molecule has 0 aliphatic heterocycles. The van der Waals surface area contributed by atoms with Crippen molar-refractivity contribution < 1.29 is 13.2 Å². The van der Waals surface area contributed by atoms with E-state index in [0.29, 0.717) is 17.2 Å². The number of hydrogen-bond acceptors (Lipinski definition) is 4. The first-order chi connectivity index (χ1) is 9.78. The second kappa shape index (κ2) is 5.57. The number of aromatic amines is 1. The van der Waals surface area contributed by atoms with E-state index in [9.17, 15) is 13.2 Å². The molecule has 0 aliphatic rings. The largest absolute Gasteiger partial charge is 0.332 e. The van der Waals surface area contributed by atoms with Gasteiger partial charge in [0.15, 0.2) is 5.03 Å². The van der Waals surface area contributed by atoms with E-state index in [1.165, 1.54) is 13.1 Å². The van der Waals surface area contributed by atoms with Crippen LogP contribution in [0, 0.1) is 13.8 Å². The van der Waals surface area contributed by atoms with Crippen molar-refractivity contribution in [1.29, 1.82) is 0 Å². The number of nitrogens with zero attached hydrogens (tertiary/aromatic N) is 1. The van der Waals surface area contributed by atoms with Crippen LogP contribution < -0.4 is 10.0 Å². The Morgan fingerprint density at radius 2 is 2.00 bits per heavy atom. The number of amides is 1. The minimum absolute atomic E-state index is 0.00988. The molecule has 7 nitrogen and oxygen atoms in total. The van der Waals surface area contributed by atoms with Gasteiger partial charge in [0.05, 0.1) is 11.9 Å². The Bertz CT molecular complexity index is 780. The average Bonchev–Trinajstić information content (AvgIpc) is 2.80. The minimum atomic E-state index is -3.74. The van der Waals surface area contributed by atoms with Crippen molar-refractivity contribution in [3.63, 3.8) is 0 Å². The lowest BCUT2D eigenvalue weighted by Crippen LogP contribution is -2.15. The SMILES string of the molecule is CC(=O)Nc1ccc(C)c(NS(=O)(=O)c2cnc(C)[nH]2)c1. The predicted molar refractivity (Wildman–Crippen MR) is 79.6 cm³/mol. The molecule has 2 rings (SSSR count). The van der Waals surface area contributed by atoms with E-state index in [2.05, 4.69) is 20.0 Å². The maximum atomic E-state index is 12.2. The molecule has 1 amide bonds. The highest BCUT2D eigenvalue weighted by Gasteiger charge is 2.17. The van der Waals surface area contributed by atoms with E-state index in [1.54, 1.807) is 32.0 Å². The standard InChI is InChI=1S/C13H16N4O3S/c1-8-4-5-11(16-10(3)18)6-12(8)17-21(19,20)13-7-14-9(2)15-13/h4-7,17H,1-3H3,(H,14,15)(H,16,18). The van der Waals surface area contributed by atoms with Crippen LogP contribution in [0.2, 0.25) is 0 Å². The number of H-pyrrole nitrogens is 1. The number of nitrogens with one attached hydrogen (secondary N) is 3. The molecule has 1 aromatic carbocycles. The minimum Gasteiger partial charge on any atom is -0.332 e. The molecule has 8 heteroatoms. The first kappa shape index (κ1) is 15.0. The van der Waals surface area contributed by atoms with Gasteiger partial charge in [-0.05, 0) is 31.5 Å². The molecule has 21 heavy (non-hydrogen) atoms. The highest BCUT2D eigenvalue weighted by atomic mass is 32.2. The summed E-state index contributed by atoms with van der Waals surface area (Å²) in [7, 11) is -3.74. The second-order valence-corrected chi connectivity index (χ2v) is 6.30. The summed E-state index contributed by atoms with van der Waals surface area (Å²) >= 11 is 0. The quantitative estimate of drug-likeness (QED) is 0.801. The summed E-state index contributed by atoms with van der Waals surface area (Å²) in [5.74, 6) is 0.288. The number of imidazole rings is 1. The summed E-state index contributed by atoms with van der Waals surface area (Å²) in [5.41, 5.74) is 1.66. The van der Waals surface area contributed by atoms with Crippen LogP contribution in [0.15, 0.2) is 29.4 Å². The van der Waals surface area contributed by atoms with Crippen molar-refractivity contribution in [3.8, 4) is 0 Å². The lowest BCUT2D eigenvalue weighted by Gasteiger charge is -2.11. The molecule has 0 unspecified atom stereocenters. The van der Waals surface area contributed by atoms with Crippen molar-refractivity contribution in [2.45, 2.75) is 25.8 Å². The topological polar surface area (TPSA) is 104 Å². The molecule has 1 heterocycles. The van der Waals surface area contributed by atoms with E-state index in [0.717, 1.165) is 5.56 Å². The van der Waals surface area contributed by atoms with Crippen LogP contribution in [0.25, 0.3) is 0 Å². The number of sulfonamides is 1. The van der Waals surface area contributed by atoms with Gasteiger partial charge in [-0.3, -0.25) is 9.52 Å². The molecule has 3 N–H and O–H groups in total. The first-order valence-electron chi connectivity index (χ1n) is 6.20. The van der Waals surface area contributed by atoms with Crippen LogP contribution >= 0.6 is 0 Å². The fraction of sp³-hybridized carbons (Fsp3) is 0.231. The third kappa shape index (κ3) is 3.60. The lowest BCUT2D eigenvalue weighted by atomic mass is 10.2. The summed E-state index contributed by atoms with van der Waals surface area (Å²) in [6.07, 6.45) is 1.25. The Labute approximate surface area is 122 Å². The fourth-order valence-corrected chi connectivity index (χ4v) is 2.84. The van der Waals surface area contributed by atoms with Crippen LogP contribution in [-0.2, 0) is 14.8 Å². The molecular formula is C13H16N4O3S. The van der Waals surface area contributed by atoms with Gasteiger partial charge in [0.25, 0.3) is 10.0 Å². The van der Waals surface area contributed by atoms with Crippen molar-refractivity contribution in [3.05, 3.63) is 35.8 Å². The number of carbonyl (C=O) groups excluding carboxylic acids is 1. The van der Waals surface area contributed by atoms with Crippen LogP contribution in [0.4, 0.5) is 11.4 Å². The highest BCUT2D eigenvalue weighted by Crippen LogP contribution is 2.23. The Morgan fingerprint density at radius 1 is 1.29 bits per heavy atom. The molecule has 0 saturated heterocycles.